The Hall–Kier alpha value is -2.62. The first-order chi connectivity index (χ1) is 13.7. The van der Waals surface area contributed by atoms with Crippen molar-refractivity contribution in [3.05, 3.63) is 77.9 Å². The average molecular weight is 509 g/mol. The molecule has 0 fully saturated rings. The van der Waals surface area contributed by atoms with E-state index in [1.807, 2.05) is 43.5 Å². The van der Waals surface area contributed by atoms with Crippen LogP contribution in [0.4, 0.5) is 4.39 Å². The predicted octanol–water partition coefficient (Wildman–Crippen LogP) is 3.89. The van der Waals surface area contributed by atoms with Crippen LogP contribution in [0.5, 0.6) is 5.75 Å². The number of aliphatic imine (C=N–C) groups is 1. The number of guanidine groups is 1. The second-order valence-corrected chi connectivity index (χ2v) is 6.09. The molecule has 154 valence electrons. The number of nitrogens with one attached hydrogen (secondary N) is 2. The standard InChI is InChI=1S/C21H24FN5O.HI/c1-3-23-21(24-14-16-6-4-5-7-20(16)22)25-15-17-12-13-27(26-17)18-8-10-19(28-2)11-9-18;/h4-13H,3,14-15H2,1-2H3,(H2,23,24,25);1H. The van der Waals surface area contributed by atoms with E-state index in [1.165, 1.54) is 6.07 Å². The second kappa shape index (κ2) is 11.4. The zero-order valence-electron chi connectivity index (χ0n) is 16.4. The number of aromatic nitrogens is 2. The van der Waals surface area contributed by atoms with Crippen molar-refractivity contribution in [1.29, 1.82) is 0 Å². The van der Waals surface area contributed by atoms with E-state index in [0.717, 1.165) is 17.1 Å². The smallest absolute Gasteiger partial charge is 0.191 e. The summed E-state index contributed by atoms with van der Waals surface area (Å²) in [5, 5.41) is 11.0. The molecular formula is C21H25FIN5O. The van der Waals surface area contributed by atoms with Gasteiger partial charge in [-0.2, -0.15) is 5.10 Å². The van der Waals surface area contributed by atoms with E-state index in [4.69, 9.17) is 4.74 Å². The van der Waals surface area contributed by atoms with Crippen molar-refractivity contribution in [2.75, 3.05) is 13.7 Å². The molecule has 0 radical (unpaired) electrons. The molecule has 6 nitrogen and oxygen atoms in total. The summed E-state index contributed by atoms with van der Waals surface area (Å²) in [5.74, 6) is 1.17. The van der Waals surface area contributed by atoms with E-state index in [9.17, 15) is 4.39 Å². The molecule has 0 aliphatic carbocycles. The van der Waals surface area contributed by atoms with Gasteiger partial charge in [0.05, 0.1) is 31.6 Å². The third-order valence-electron chi connectivity index (χ3n) is 4.13. The molecule has 2 N–H and O–H groups in total. The quantitative estimate of drug-likeness (QED) is 0.288. The van der Waals surface area contributed by atoms with E-state index in [2.05, 4.69) is 20.7 Å². The van der Waals surface area contributed by atoms with Crippen molar-refractivity contribution < 1.29 is 9.13 Å². The minimum absolute atomic E-state index is 0. The Bertz CT molecular complexity index is 927. The van der Waals surface area contributed by atoms with Gasteiger partial charge in [-0.1, -0.05) is 18.2 Å². The minimum atomic E-state index is -0.250. The van der Waals surface area contributed by atoms with Gasteiger partial charge < -0.3 is 15.4 Å². The normalized spacial score (nSPS) is 10.9. The van der Waals surface area contributed by atoms with Gasteiger partial charge in [0.25, 0.3) is 0 Å². The number of methoxy groups -OCH3 is 1. The highest BCUT2D eigenvalue weighted by molar-refractivity contribution is 14.0. The van der Waals surface area contributed by atoms with Gasteiger partial charge in [-0.3, -0.25) is 0 Å². The fourth-order valence-corrected chi connectivity index (χ4v) is 2.64. The van der Waals surface area contributed by atoms with E-state index in [-0.39, 0.29) is 36.3 Å². The van der Waals surface area contributed by atoms with Gasteiger partial charge in [0.2, 0.25) is 0 Å². The number of halogens is 2. The lowest BCUT2D eigenvalue weighted by Crippen LogP contribution is -2.36. The first-order valence-electron chi connectivity index (χ1n) is 9.14. The van der Waals surface area contributed by atoms with Crippen LogP contribution in [0.25, 0.3) is 5.69 Å². The van der Waals surface area contributed by atoms with Gasteiger partial charge in [0.15, 0.2) is 5.96 Å². The van der Waals surface area contributed by atoms with Crippen LogP contribution in [-0.4, -0.2) is 29.4 Å². The van der Waals surface area contributed by atoms with Crippen molar-refractivity contribution in [2.45, 2.75) is 20.0 Å². The van der Waals surface area contributed by atoms with Gasteiger partial charge in [-0.15, -0.1) is 24.0 Å². The maximum atomic E-state index is 13.8. The lowest BCUT2D eigenvalue weighted by molar-refractivity contribution is 0.414. The number of hydrogen-bond acceptors (Lipinski definition) is 3. The number of nitrogens with zero attached hydrogens (tertiary/aromatic N) is 3. The highest BCUT2D eigenvalue weighted by atomic mass is 127. The van der Waals surface area contributed by atoms with Crippen LogP contribution in [0, 0.1) is 5.82 Å². The van der Waals surface area contributed by atoms with E-state index >= 15 is 0 Å². The van der Waals surface area contributed by atoms with Crippen molar-refractivity contribution in [3.8, 4) is 11.4 Å². The fraction of sp³-hybridized carbons (Fsp3) is 0.238. The molecule has 2 aromatic carbocycles. The lowest BCUT2D eigenvalue weighted by atomic mass is 10.2. The molecule has 3 rings (SSSR count). The van der Waals surface area contributed by atoms with Crippen LogP contribution in [0.1, 0.15) is 18.2 Å². The Morgan fingerprint density at radius 3 is 2.55 bits per heavy atom. The van der Waals surface area contributed by atoms with Crippen LogP contribution >= 0.6 is 24.0 Å². The topological polar surface area (TPSA) is 63.5 Å². The summed E-state index contributed by atoms with van der Waals surface area (Å²) in [6.45, 7) is 3.47. The number of ether oxygens (including phenoxy) is 1. The molecular weight excluding hydrogens is 484 g/mol. The Kier molecular flexibility index (Phi) is 8.91. The minimum Gasteiger partial charge on any atom is -0.497 e. The van der Waals surface area contributed by atoms with Crippen molar-refractivity contribution in [1.82, 2.24) is 20.4 Å². The van der Waals surface area contributed by atoms with Crippen LogP contribution in [0.15, 0.2) is 65.8 Å². The molecule has 0 spiro atoms. The van der Waals surface area contributed by atoms with E-state index in [1.54, 1.807) is 30.0 Å². The maximum Gasteiger partial charge on any atom is 0.191 e. The first kappa shape index (κ1) is 22.7. The summed E-state index contributed by atoms with van der Waals surface area (Å²) in [7, 11) is 1.64. The van der Waals surface area contributed by atoms with Crippen LogP contribution < -0.4 is 15.4 Å². The zero-order chi connectivity index (χ0) is 19.8. The molecule has 1 heterocycles. The molecule has 3 aromatic rings. The number of rotatable bonds is 7. The first-order valence-corrected chi connectivity index (χ1v) is 9.14. The largest absolute Gasteiger partial charge is 0.497 e. The lowest BCUT2D eigenvalue weighted by Gasteiger charge is -2.10. The molecule has 0 saturated carbocycles. The van der Waals surface area contributed by atoms with Crippen LogP contribution in [-0.2, 0) is 13.1 Å². The zero-order valence-corrected chi connectivity index (χ0v) is 18.8. The molecule has 29 heavy (non-hydrogen) atoms. The highest BCUT2D eigenvalue weighted by Gasteiger charge is 2.05. The highest BCUT2D eigenvalue weighted by Crippen LogP contribution is 2.14. The van der Waals surface area contributed by atoms with E-state index < -0.39 is 0 Å². The average Bonchev–Trinajstić information content (AvgIpc) is 3.20. The van der Waals surface area contributed by atoms with E-state index in [0.29, 0.717) is 24.6 Å². The third-order valence-corrected chi connectivity index (χ3v) is 4.13. The summed E-state index contributed by atoms with van der Waals surface area (Å²) in [4.78, 5) is 4.45. The van der Waals surface area contributed by atoms with Crippen LogP contribution in [0.3, 0.4) is 0 Å². The van der Waals surface area contributed by atoms with Gasteiger partial charge >= 0.3 is 0 Å². The molecule has 8 heteroatoms. The third kappa shape index (κ3) is 6.45. The van der Waals surface area contributed by atoms with Crippen molar-refractivity contribution in [3.63, 3.8) is 0 Å². The summed E-state index contributed by atoms with van der Waals surface area (Å²) >= 11 is 0. The molecule has 0 aliphatic rings. The van der Waals surface area contributed by atoms with Gasteiger partial charge in [0, 0.05) is 18.3 Å². The van der Waals surface area contributed by atoms with Gasteiger partial charge in [0.1, 0.15) is 11.6 Å². The molecule has 1 aromatic heterocycles. The van der Waals surface area contributed by atoms with Gasteiger partial charge in [-0.25, -0.2) is 14.1 Å². The Balaban J connectivity index is 0.00000300. The second-order valence-electron chi connectivity index (χ2n) is 6.09. The fourth-order valence-electron chi connectivity index (χ4n) is 2.64. The SMILES string of the molecule is CCNC(=NCc1ccccc1F)NCc1ccn(-c2ccc(OC)cc2)n1.I. The summed E-state index contributed by atoms with van der Waals surface area (Å²) in [5.41, 5.74) is 2.38. The summed E-state index contributed by atoms with van der Waals surface area (Å²) < 4.78 is 20.7. The Morgan fingerprint density at radius 2 is 1.86 bits per heavy atom. The predicted molar refractivity (Wildman–Crippen MR) is 124 cm³/mol. The monoisotopic (exact) mass is 509 g/mol. The molecule has 0 aliphatic heterocycles. The maximum absolute atomic E-state index is 13.8. The molecule has 0 unspecified atom stereocenters. The molecule has 0 bridgehead atoms. The molecule has 0 saturated heterocycles. The molecule has 0 atom stereocenters. The summed E-state index contributed by atoms with van der Waals surface area (Å²) in [6.07, 6.45) is 1.90. The Morgan fingerprint density at radius 1 is 1.10 bits per heavy atom. The molecule has 0 amide bonds. The number of benzene rings is 2. The summed E-state index contributed by atoms with van der Waals surface area (Å²) in [6, 6.07) is 16.3. The van der Waals surface area contributed by atoms with Crippen molar-refractivity contribution in [2.24, 2.45) is 4.99 Å². The number of hydrogen-bond donors (Lipinski definition) is 2. The van der Waals surface area contributed by atoms with Crippen LogP contribution in [0.2, 0.25) is 0 Å². The Labute approximate surface area is 187 Å². The van der Waals surface area contributed by atoms with Gasteiger partial charge in [-0.05, 0) is 43.3 Å². The van der Waals surface area contributed by atoms with Crippen molar-refractivity contribution >= 4 is 29.9 Å².